The number of aliphatic hydroxyl groups excluding tert-OH is 1. The first-order valence-electron chi connectivity index (χ1n) is 6.31. The molecule has 2 aromatic carbocycles. The highest BCUT2D eigenvalue weighted by molar-refractivity contribution is 5.18. The van der Waals surface area contributed by atoms with Gasteiger partial charge < -0.3 is 5.11 Å². The van der Waals surface area contributed by atoms with Crippen LogP contribution in [-0.2, 0) is 6.54 Å². The predicted octanol–water partition coefficient (Wildman–Crippen LogP) is 2.99. The number of hydrogen-bond acceptors (Lipinski definition) is 2. The van der Waals surface area contributed by atoms with Crippen LogP contribution in [0.15, 0.2) is 54.6 Å². The summed E-state index contributed by atoms with van der Waals surface area (Å²) in [6, 6.07) is 16.0. The zero-order chi connectivity index (χ0) is 13.7. The lowest BCUT2D eigenvalue weighted by atomic mass is 10.1. The molecule has 3 heteroatoms. The van der Waals surface area contributed by atoms with Crippen LogP contribution < -0.4 is 0 Å². The molecule has 0 fully saturated rings. The van der Waals surface area contributed by atoms with Crippen molar-refractivity contribution in [3.05, 3.63) is 71.5 Å². The van der Waals surface area contributed by atoms with Crippen LogP contribution in [0.5, 0.6) is 0 Å². The molecule has 0 bridgehead atoms. The fourth-order valence-electron chi connectivity index (χ4n) is 2.04. The maximum absolute atomic E-state index is 12.8. The van der Waals surface area contributed by atoms with Crippen molar-refractivity contribution in [3.63, 3.8) is 0 Å². The molecule has 0 saturated heterocycles. The highest BCUT2D eigenvalue weighted by atomic mass is 19.1. The molecule has 2 aromatic rings. The van der Waals surface area contributed by atoms with Gasteiger partial charge >= 0.3 is 0 Å². The highest BCUT2D eigenvalue weighted by Crippen LogP contribution is 2.14. The summed E-state index contributed by atoms with van der Waals surface area (Å²) in [5, 5.41) is 10.1. The third-order valence-corrected chi connectivity index (χ3v) is 3.03. The summed E-state index contributed by atoms with van der Waals surface area (Å²) in [7, 11) is 1.94. The number of aliphatic hydroxyl groups is 1. The lowest BCUT2D eigenvalue weighted by molar-refractivity contribution is 0.124. The maximum atomic E-state index is 12.8. The Balaban J connectivity index is 1.90. The molecular weight excluding hydrogens is 241 g/mol. The SMILES string of the molecule is CN(Cc1ccc(F)cc1)C[C@@H](O)c1ccccc1. The number of halogens is 1. The Morgan fingerprint density at radius 1 is 1.05 bits per heavy atom. The number of hydrogen-bond donors (Lipinski definition) is 1. The molecule has 0 amide bonds. The molecule has 0 aliphatic rings. The van der Waals surface area contributed by atoms with E-state index in [4.69, 9.17) is 0 Å². The topological polar surface area (TPSA) is 23.5 Å². The second-order valence-electron chi connectivity index (χ2n) is 4.75. The van der Waals surface area contributed by atoms with Crippen molar-refractivity contribution in [2.45, 2.75) is 12.6 Å². The average molecular weight is 259 g/mol. The van der Waals surface area contributed by atoms with Crippen LogP contribution in [0.1, 0.15) is 17.2 Å². The molecule has 0 aliphatic carbocycles. The van der Waals surface area contributed by atoms with Gasteiger partial charge in [0.1, 0.15) is 5.82 Å². The molecule has 0 spiro atoms. The van der Waals surface area contributed by atoms with Crippen LogP contribution in [0.25, 0.3) is 0 Å². The zero-order valence-electron chi connectivity index (χ0n) is 11.0. The normalized spacial score (nSPS) is 12.6. The minimum absolute atomic E-state index is 0.226. The number of nitrogens with zero attached hydrogens (tertiary/aromatic N) is 1. The molecule has 100 valence electrons. The lowest BCUT2D eigenvalue weighted by Gasteiger charge is -2.20. The number of likely N-dealkylation sites (N-methyl/N-ethyl adjacent to an activating group) is 1. The monoisotopic (exact) mass is 259 g/mol. The second kappa shape index (κ2) is 6.45. The first-order chi connectivity index (χ1) is 9.15. The van der Waals surface area contributed by atoms with Crippen LogP contribution in [0.4, 0.5) is 4.39 Å². The van der Waals surface area contributed by atoms with Crippen LogP contribution in [0, 0.1) is 5.82 Å². The summed E-state index contributed by atoms with van der Waals surface area (Å²) in [5.74, 6) is -0.226. The molecule has 0 saturated carbocycles. The van der Waals surface area contributed by atoms with Crippen LogP contribution in [0.2, 0.25) is 0 Å². The fourth-order valence-corrected chi connectivity index (χ4v) is 2.04. The van der Waals surface area contributed by atoms with Crippen molar-refractivity contribution in [3.8, 4) is 0 Å². The second-order valence-corrected chi connectivity index (χ2v) is 4.75. The molecule has 1 atom stereocenters. The number of benzene rings is 2. The van der Waals surface area contributed by atoms with E-state index in [1.165, 1.54) is 12.1 Å². The summed E-state index contributed by atoms with van der Waals surface area (Å²) >= 11 is 0. The minimum Gasteiger partial charge on any atom is -0.387 e. The van der Waals surface area contributed by atoms with E-state index in [-0.39, 0.29) is 5.82 Å². The molecule has 0 unspecified atom stereocenters. The van der Waals surface area contributed by atoms with Gasteiger partial charge in [0.05, 0.1) is 6.10 Å². The van der Waals surface area contributed by atoms with Gasteiger partial charge in [-0.1, -0.05) is 42.5 Å². The summed E-state index contributed by atoms with van der Waals surface area (Å²) in [4.78, 5) is 2.02. The van der Waals surface area contributed by atoms with Gasteiger partial charge in [-0.2, -0.15) is 0 Å². The Hall–Kier alpha value is -1.71. The fraction of sp³-hybridized carbons (Fsp3) is 0.250. The van der Waals surface area contributed by atoms with Gasteiger partial charge in [0.2, 0.25) is 0 Å². The van der Waals surface area contributed by atoms with Crippen molar-refractivity contribution in [2.24, 2.45) is 0 Å². The van der Waals surface area contributed by atoms with E-state index in [0.29, 0.717) is 13.1 Å². The molecular formula is C16H18FNO. The molecule has 0 radical (unpaired) electrons. The smallest absolute Gasteiger partial charge is 0.123 e. The highest BCUT2D eigenvalue weighted by Gasteiger charge is 2.10. The van der Waals surface area contributed by atoms with Crippen LogP contribution in [-0.4, -0.2) is 23.6 Å². The Morgan fingerprint density at radius 2 is 1.68 bits per heavy atom. The molecule has 0 aromatic heterocycles. The summed E-state index contributed by atoms with van der Waals surface area (Å²) < 4.78 is 12.8. The van der Waals surface area contributed by atoms with Gasteiger partial charge in [-0.25, -0.2) is 4.39 Å². The van der Waals surface area contributed by atoms with E-state index >= 15 is 0 Å². The first kappa shape index (κ1) is 13.7. The molecule has 0 aliphatic heterocycles. The lowest BCUT2D eigenvalue weighted by Crippen LogP contribution is -2.24. The molecule has 1 N–H and O–H groups in total. The predicted molar refractivity (Wildman–Crippen MR) is 74.1 cm³/mol. The van der Waals surface area contributed by atoms with Crippen molar-refractivity contribution in [1.29, 1.82) is 0 Å². The molecule has 2 rings (SSSR count). The molecule has 19 heavy (non-hydrogen) atoms. The van der Waals surface area contributed by atoms with Gasteiger partial charge in [0, 0.05) is 13.1 Å². The Bertz CT molecular complexity index is 498. The van der Waals surface area contributed by atoms with Crippen LogP contribution >= 0.6 is 0 Å². The Morgan fingerprint density at radius 3 is 2.32 bits per heavy atom. The molecule has 2 nitrogen and oxygen atoms in total. The van der Waals surface area contributed by atoms with E-state index < -0.39 is 6.10 Å². The standard InChI is InChI=1S/C16H18FNO/c1-18(11-13-7-9-15(17)10-8-13)12-16(19)14-5-3-2-4-6-14/h2-10,16,19H,11-12H2,1H3/t16-/m1/s1. The Labute approximate surface area is 113 Å². The largest absolute Gasteiger partial charge is 0.387 e. The summed E-state index contributed by atoms with van der Waals surface area (Å²) in [6.07, 6.45) is -0.508. The van der Waals surface area contributed by atoms with E-state index in [0.717, 1.165) is 11.1 Å². The van der Waals surface area contributed by atoms with Gasteiger partial charge in [0.15, 0.2) is 0 Å². The quantitative estimate of drug-likeness (QED) is 0.892. The maximum Gasteiger partial charge on any atom is 0.123 e. The van der Waals surface area contributed by atoms with Crippen LogP contribution in [0.3, 0.4) is 0 Å². The van der Waals surface area contributed by atoms with Gasteiger partial charge in [-0.15, -0.1) is 0 Å². The van der Waals surface area contributed by atoms with E-state index in [1.54, 1.807) is 12.1 Å². The van der Waals surface area contributed by atoms with E-state index in [9.17, 15) is 9.50 Å². The van der Waals surface area contributed by atoms with Gasteiger partial charge in [0.25, 0.3) is 0 Å². The van der Waals surface area contributed by atoms with Crippen molar-refractivity contribution in [1.82, 2.24) is 4.90 Å². The zero-order valence-corrected chi connectivity index (χ0v) is 11.0. The third-order valence-electron chi connectivity index (χ3n) is 3.03. The van der Waals surface area contributed by atoms with Gasteiger partial charge in [-0.3, -0.25) is 4.90 Å². The van der Waals surface area contributed by atoms with Gasteiger partial charge in [-0.05, 0) is 30.3 Å². The summed E-state index contributed by atoms with van der Waals surface area (Å²) in [6.45, 7) is 1.23. The van der Waals surface area contributed by atoms with Crippen molar-refractivity contribution >= 4 is 0 Å². The van der Waals surface area contributed by atoms with Crippen molar-refractivity contribution < 1.29 is 9.50 Å². The molecule has 0 heterocycles. The Kier molecular flexibility index (Phi) is 4.66. The van der Waals surface area contributed by atoms with E-state index in [1.807, 2.05) is 42.3 Å². The summed E-state index contributed by atoms with van der Waals surface area (Å²) in [5.41, 5.74) is 1.94. The van der Waals surface area contributed by atoms with E-state index in [2.05, 4.69) is 0 Å². The third kappa shape index (κ3) is 4.16. The first-order valence-corrected chi connectivity index (χ1v) is 6.31. The minimum atomic E-state index is -0.508. The van der Waals surface area contributed by atoms with Crippen molar-refractivity contribution in [2.75, 3.05) is 13.6 Å². The average Bonchev–Trinajstić information content (AvgIpc) is 2.42. The number of rotatable bonds is 5.